The average molecular weight is 268 g/mol. The first-order valence-corrected chi connectivity index (χ1v) is 6.45. The molecule has 1 fully saturated rings. The summed E-state index contributed by atoms with van der Waals surface area (Å²) in [6, 6.07) is 4.57. The molecule has 2 heteroatoms. The standard InChI is InChI=1S/C13H18BrN/c1-9-7-12(10(2)13(14)8-9)11-3-5-15-6-4-11/h7-8,11,15H,3-6H2,1-2H3. The SMILES string of the molecule is Cc1cc(Br)c(C)c(C2CCNCC2)c1. The van der Waals surface area contributed by atoms with Crippen LogP contribution in [0.4, 0.5) is 0 Å². The van der Waals surface area contributed by atoms with E-state index in [4.69, 9.17) is 0 Å². The molecule has 0 spiro atoms. The van der Waals surface area contributed by atoms with Gasteiger partial charge < -0.3 is 5.32 Å². The molecule has 0 atom stereocenters. The zero-order valence-electron chi connectivity index (χ0n) is 9.44. The predicted molar refractivity (Wildman–Crippen MR) is 68.5 cm³/mol. The lowest BCUT2D eigenvalue weighted by molar-refractivity contribution is 0.459. The molecule has 0 unspecified atom stereocenters. The van der Waals surface area contributed by atoms with Gasteiger partial charge in [-0.3, -0.25) is 0 Å². The third-order valence-corrected chi connectivity index (χ3v) is 4.13. The van der Waals surface area contributed by atoms with E-state index in [1.54, 1.807) is 5.56 Å². The van der Waals surface area contributed by atoms with E-state index in [2.05, 4.69) is 47.2 Å². The Balaban J connectivity index is 2.33. The van der Waals surface area contributed by atoms with Crippen LogP contribution in [-0.2, 0) is 0 Å². The Morgan fingerprint density at radius 2 is 1.87 bits per heavy atom. The highest BCUT2D eigenvalue weighted by Crippen LogP contribution is 2.32. The summed E-state index contributed by atoms with van der Waals surface area (Å²) in [5, 5.41) is 3.42. The number of aryl methyl sites for hydroxylation is 1. The lowest BCUT2D eigenvalue weighted by Gasteiger charge is -2.25. The lowest BCUT2D eigenvalue weighted by atomic mass is 9.87. The molecule has 2 rings (SSSR count). The maximum Gasteiger partial charge on any atom is 0.0209 e. The van der Waals surface area contributed by atoms with E-state index in [1.807, 2.05) is 0 Å². The molecule has 15 heavy (non-hydrogen) atoms. The number of nitrogens with one attached hydrogen (secondary N) is 1. The van der Waals surface area contributed by atoms with E-state index in [1.165, 1.54) is 28.4 Å². The van der Waals surface area contributed by atoms with E-state index in [0.717, 1.165) is 19.0 Å². The second-order valence-corrected chi connectivity index (χ2v) is 5.34. The Hall–Kier alpha value is -0.340. The number of piperidine rings is 1. The van der Waals surface area contributed by atoms with Gasteiger partial charge in [0, 0.05) is 4.47 Å². The average Bonchev–Trinajstić information content (AvgIpc) is 2.24. The van der Waals surface area contributed by atoms with E-state index in [-0.39, 0.29) is 0 Å². The molecular weight excluding hydrogens is 250 g/mol. The maximum absolute atomic E-state index is 3.65. The molecule has 1 saturated heterocycles. The van der Waals surface area contributed by atoms with Gasteiger partial charge in [0.05, 0.1) is 0 Å². The van der Waals surface area contributed by atoms with E-state index < -0.39 is 0 Å². The lowest BCUT2D eigenvalue weighted by Crippen LogP contribution is -2.27. The van der Waals surface area contributed by atoms with Gasteiger partial charge in [0.25, 0.3) is 0 Å². The first-order chi connectivity index (χ1) is 7.18. The van der Waals surface area contributed by atoms with Crippen LogP contribution in [0.1, 0.15) is 35.4 Å². The van der Waals surface area contributed by atoms with Gasteiger partial charge in [-0.15, -0.1) is 0 Å². The molecule has 1 nitrogen and oxygen atoms in total. The molecule has 82 valence electrons. The Bertz CT molecular complexity index is 354. The molecule has 0 radical (unpaired) electrons. The first-order valence-electron chi connectivity index (χ1n) is 5.66. The third kappa shape index (κ3) is 2.43. The fraction of sp³-hybridized carbons (Fsp3) is 0.538. The fourth-order valence-corrected chi connectivity index (χ4v) is 2.99. The van der Waals surface area contributed by atoms with Gasteiger partial charge >= 0.3 is 0 Å². The van der Waals surface area contributed by atoms with Crippen molar-refractivity contribution in [2.45, 2.75) is 32.6 Å². The van der Waals surface area contributed by atoms with E-state index >= 15 is 0 Å². The minimum Gasteiger partial charge on any atom is -0.317 e. The van der Waals surface area contributed by atoms with Crippen molar-refractivity contribution >= 4 is 15.9 Å². The molecule has 1 aliphatic rings. The Morgan fingerprint density at radius 3 is 2.53 bits per heavy atom. The van der Waals surface area contributed by atoms with Crippen molar-refractivity contribution in [2.24, 2.45) is 0 Å². The zero-order chi connectivity index (χ0) is 10.8. The minimum atomic E-state index is 0.752. The summed E-state index contributed by atoms with van der Waals surface area (Å²) in [6.07, 6.45) is 2.55. The number of benzene rings is 1. The van der Waals surface area contributed by atoms with Gasteiger partial charge in [-0.25, -0.2) is 0 Å². The van der Waals surface area contributed by atoms with E-state index in [9.17, 15) is 0 Å². The molecular formula is C13H18BrN. The predicted octanol–water partition coefficient (Wildman–Crippen LogP) is 3.53. The molecule has 1 aromatic rings. The summed E-state index contributed by atoms with van der Waals surface area (Å²) in [6.45, 7) is 6.72. The van der Waals surface area contributed by atoms with Crippen LogP contribution in [0.2, 0.25) is 0 Å². The summed E-state index contributed by atoms with van der Waals surface area (Å²) >= 11 is 3.65. The molecule has 0 aromatic heterocycles. The van der Waals surface area contributed by atoms with Gasteiger partial charge in [0.2, 0.25) is 0 Å². The highest BCUT2D eigenvalue weighted by atomic mass is 79.9. The van der Waals surface area contributed by atoms with E-state index in [0.29, 0.717) is 0 Å². The molecule has 1 heterocycles. The van der Waals surface area contributed by atoms with Crippen LogP contribution in [0.15, 0.2) is 16.6 Å². The number of rotatable bonds is 1. The Labute approximate surface area is 100 Å². The monoisotopic (exact) mass is 267 g/mol. The maximum atomic E-state index is 3.65. The summed E-state index contributed by atoms with van der Waals surface area (Å²) in [5.41, 5.74) is 4.33. The number of hydrogen-bond donors (Lipinski definition) is 1. The van der Waals surface area contributed by atoms with Crippen LogP contribution < -0.4 is 5.32 Å². The highest BCUT2D eigenvalue weighted by molar-refractivity contribution is 9.10. The van der Waals surface area contributed by atoms with Crippen LogP contribution in [0.25, 0.3) is 0 Å². The van der Waals surface area contributed by atoms with Crippen molar-refractivity contribution in [1.82, 2.24) is 5.32 Å². The van der Waals surface area contributed by atoms with Gasteiger partial charge in [0.1, 0.15) is 0 Å². The second kappa shape index (κ2) is 4.67. The van der Waals surface area contributed by atoms with Crippen molar-refractivity contribution in [1.29, 1.82) is 0 Å². The first kappa shape index (κ1) is 11.2. The van der Waals surface area contributed by atoms with Gasteiger partial charge in [-0.05, 0) is 68.5 Å². The number of hydrogen-bond acceptors (Lipinski definition) is 1. The molecule has 0 amide bonds. The third-order valence-electron chi connectivity index (χ3n) is 3.31. The smallest absolute Gasteiger partial charge is 0.0209 e. The van der Waals surface area contributed by atoms with Gasteiger partial charge in [-0.2, -0.15) is 0 Å². The van der Waals surface area contributed by atoms with Crippen LogP contribution in [-0.4, -0.2) is 13.1 Å². The largest absolute Gasteiger partial charge is 0.317 e. The topological polar surface area (TPSA) is 12.0 Å². The summed E-state index contributed by atoms with van der Waals surface area (Å²) in [4.78, 5) is 0. The van der Waals surface area contributed by atoms with Crippen LogP contribution >= 0.6 is 15.9 Å². The van der Waals surface area contributed by atoms with Crippen LogP contribution in [0.5, 0.6) is 0 Å². The van der Waals surface area contributed by atoms with Crippen molar-refractivity contribution in [2.75, 3.05) is 13.1 Å². The van der Waals surface area contributed by atoms with Crippen molar-refractivity contribution in [3.05, 3.63) is 33.3 Å². The Morgan fingerprint density at radius 1 is 1.20 bits per heavy atom. The molecule has 1 N–H and O–H groups in total. The highest BCUT2D eigenvalue weighted by Gasteiger charge is 2.18. The van der Waals surface area contributed by atoms with Crippen LogP contribution in [0, 0.1) is 13.8 Å². The summed E-state index contributed by atoms with van der Waals surface area (Å²) < 4.78 is 1.26. The van der Waals surface area contributed by atoms with Crippen molar-refractivity contribution < 1.29 is 0 Å². The van der Waals surface area contributed by atoms with Gasteiger partial charge in [0.15, 0.2) is 0 Å². The molecule has 0 bridgehead atoms. The minimum absolute atomic E-state index is 0.752. The molecule has 0 saturated carbocycles. The molecule has 1 aliphatic heterocycles. The molecule has 0 aliphatic carbocycles. The fourth-order valence-electron chi connectivity index (χ4n) is 2.40. The summed E-state index contributed by atoms with van der Waals surface area (Å²) in [7, 11) is 0. The number of halogens is 1. The Kier molecular flexibility index (Phi) is 3.47. The quantitative estimate of drug-likeness (QED) is 0.821. The van der Waals surface area contributed by atoms with Crippen LogP contribution in [0.3, 0.4) is 0 Å². The zero-order valence-corrected chi connectivity index (χ0v) is 11.0. The summed E-state index contributed by atoms with van der Waals surface area (Å²) in [5.74, 6) is 0.752. The van der Waals surface area contributed by atoms with Gasteiger partial charge in [-0.1, -0.05) is 22.0 Å². The molecule has 1 aromatic carbocycles. The normalized spacial score (nSPS) is 18.1. The second-order valence-electron chi connectivity index (χ2n) is 4.49. The van der Waals surface area contributed by atoms with Crippen molar-refractivity contribution in [3.8, 4) is 0 Å². The van der Waals surface area contributed by atoms with Crippen molar-refractivity contribution in [3.63, 3.8) is 0 Å².